The number of hydrogen-bond acceptors (Lipinski definition) is 3. The van der Waals surface area contributed by atoms with Crippen molar-refractivity contribution in [2.24, 2.45) is 16.3 Å². The van der Waals surface area contributed by atoms with Gasteiger partial charge in [0.05, 0.1) is 0 Å². The summed E-state index contributed by atoms with van der Waals surface area (Å²) in [6.07, 6.45) is 0.506. The van der Waals surface area contributed by atoms with Gasteiger partial charge in [0.25, 0.3) is 0 Å². The molecule has 1 unspecified atom stereocenters. The van der Waals surface area contributed by atoms with E-state index in [1.54, 1.807) is 18.9 Å². The van der Waals surface area contributed by atoms with E-state index in [0.717, 1.165) is 0 Å². The second-order valence-corrected chi connectivity index (χ2v) is 3.49. The Morgan fingerprint density at radius 2 is 2.07 bits per heavy atom. The molecule has 5 heteroatoms. The van der Waals surface area contributed by atoms with Gasteiger partial charge in [-0.25, -0.2) is 0 Å². The number of nitrogens with two attached hydrogens (primary N) is 1. The quantitative estimate of drug-likeness (QED) is 0.303. The van der Waals surface area contributed by atoms with Gasteiger partial charge < -0.3 is 15.8 Å². The number of rotatable bonds is 4. The highest BCUT2D eigenvalue weighted by atomic mass is 16.4. The van der Waals surface area contributed by atoms with Crippen LogP contribution in [0.25, 0.3) is 0 Å². The van der Waals surface area contributed by atoms with Crippen molar-refractivity contribution in [1.82, 2.24) is 4.90 Å². The van der Waals surface area contributed by atoms with E-state index >= 15 is 0 Å². The monoisotopic (exact) mass is 201 g/mol. The molecule has 0 saturated carbocycles. The van der Waals surface area contributed by atoms with Gasteiger partial charge >= 0.3 is 0 Å². The molecule has 14 heavy (non-hydrogen) atoms. The van der Waals surface area contributed by atoms with Gasteiger partial charge in [-0.15, -0.1) is 0 Å². The summed E-state index contributed by atoms with van der Waals surface area (Å²) >= 11 is 0. The van der Waals surface area contributed by atoms with Gasteiger partial charge in [0.1, 0.15) is 5.41 Å². The van der Waals surface area contributed by atoms with Crippen LogP contribution in [0.1, 0.15) is 27.2 Å². The minimum absolute atomic E-state index is 0.0368. The molecule has 0 heterocycles. The summed E-state index contributed by atoms with van der Waals surface area (Å²) in [4.78, 5) is 13.4. The fourth-order valence-electron chi connectivity index (χ4n) is 1.12. The zero-order valence-corrected chi connectivity index (χ0v) is 9.24. The van der Waals surface area contributed by atoms with Gasteiger partial charge in [0.15, 0.2) is 5.84 Å². The van der Waals surface area contributed by atoms with E-state index in [0.29, 0.717) is 13.0 Å². The summed E-state index contributed by atoms with van der Waals surface area (Å²) in [5.74, 6) is -0.164. The number of nitrogens with zero attached hydrogens (tertiary/aromatic N) is 2. The maximum atomic E-state index is 11.9. The van der Waals surface area contributed by atoms with Crippen molar-refractivity contribution < 1.29 is 10.0 Å². The van der Waals surface area contributed by atoms with Gasteiger partial charge in [-0.3, -0.25) is 4.79 Å². The lowest BCUT2D eigenvalue weighted by atomic mass is 9.84. The van der Waals surface area contributed by atoms with Crippen LogP contribution in [-0.4, -0.2) is 35.4 Å². The molecule has 0 aromatic carbocycles. The summed E-state index contributed by atoms with van der Waals surface area (Å²) in [5.41, 5.74) is 4.60. The first-order chi connectivity index (χ1) is 6.43. The lowest BCUT2D eigenvalue weighted by molar-refractivity contribution is -0.136. The molecule has 3 N–H and O–H groups in total. The van der Waals surface area contributed by atoms with Crippen LogP contribution in [-0.2, 0) is 4.79 Å². The number of amidine groups is 1. The number of hydrogen-bond donors (Lipinski definition) is 2. The fraction of sp³-hybridized carbons (Fsp3) is 0.778. The second kappa shape index (κ2) is 4.83. The van der Waals surface area contributed by atoms with Crippen LogP contribution < -0.4 is 5.73 Å². The Balaban J connectivity index is 4.96. The van der Waals surface area contributed by atoms with Crippen molar-refractivity contribution in [2.75, 3.05) is 13.6 Å². The summed E-state index contributed by atoms with van der Waals surface area (Å²) in [6.45, 7) is 5.99. The Morgan fingerprint density at radius 3 is 2.36 bits per heavy atom. The van der Waals surface area contributed by atoms with E-state index in [2.05, 4.69) is 5.16 Å². The van der Waals surface area contributed by atoms with Crippen LogP contribution in [0.4, 0.5) is 0 Å². The third kappa shape index (κ3) is 2.16. The number of oxime groups is 1. The van der Waals surface area contributed by atoms with E-state index in [4.69, 9.17) is 10.9 Å². The average Bonchev–Trinajstić information content (AvgIpc) is 2.24. The van der Waals surface area contributed by atoms with Crippen LogP contribution in [0.15, 0.2) is 5.16 Å². The highest BCUT2D eigenvalue weighted by Crippen LogP contribution is 2.23. The predicted molar refractivity (Wildman–Crippen MR) is 55.1 cm³/mol. The summed E-state index contributed by atoms with van der Waals surface area (Å²) in [5, 5.41) is 11.5. The molecule has 0 radical (unpaired) electrons. The Bertz CT molecular complexity index is 240. The average molecular weight is 201 g/mol. The van der Waals surface area contributed by atoms with Crippen LogP contribution in [0.3, 0.4) is 0 Å². The maximum Gasteiger partial charge on any atom is 0.235 e. The fourth-order valence-corrected chi connectivity index (χ4v) is 1.12. The maximum absolute atomic E-state index is 11.9. The molecule has 0 aliphatic rings. The van der Waals surface area contributed by atoms with Crippen LogP contribution in [0, 0.1) is 5.41 Å². The van der Waals surface area contributed by atoms with Gasteiger partial charge in [0.2, 0.25) is 5.91 Å². The largest absolute Gasteiger partial charge is 0.409 e. The molecular formula is C9H19N3O2. The zero-order valence-electron chi connectivity index (χ0n) is 9.24. The first-order valence-electron chi connectivity index (χ1n) is 4.67. The predicted octanol–water partition coefficient (Wildman–Crippen LogP) is 0.627. The van der Waals surface area contributed by atoms with Crippen LogP contribution in [0.5, 0.6) is 0 Å². The number of amides is 1. The van der Waals surface area contributed by atoms with Crippen molar-refractivity contribution in [1.29, 1.82) is 0 Å². The minimum Gasteiger partial charge on any atom is -0.409 e. The molecule has 82 valence electrons. The molecule has 1 amide bonds. The van der Waals surface area contributed by atoms with Crippen molar-refractivity contribution in [3.63, 3.8) is 0 Å². The molecule has 0 aliphatic heterocycles. The summed E-state index contributed by atoms with van der Waals surface area (Å²) in [7, 11) is 1.70. The van der Waals surface area contributed by atoms with Crippen molar-refractivity contribution >= 4 is 11.7 Å². The first kappa shape index (κ1) is 12.7. The molecule has 0 bridgehead atoms. The van der Waals surface area contributed by atoms with Crippen LogP contribution >= 0.6 is 0 Å². The van der Waals surface area contributed by atoms with E-state index in [1.165, 1.54) is 0 Å². The molecule has 0 fully saturated rings. The number of carbonyl (C=O) groups excluding carboxylic acids is 1. The molecule has 0 aliphatic carbocycles. The third-order valence-corrected chi connectivity index (χ3v) is 2.67. The lowest BCUT2D eigenvalue weighted by Crippen LogP contribution is -2.48. The van der Waals surface area contributed by atoms with Gasteiger partial charge in [-0.2, -0.15) is 0 Å². The van der Waals surface area contributed by atoms with E-state index in [1.807, 2.05) is 13.8 Å². The normalized spacial score (nSPS) is 16.1. The topological polar surface area (TPSA) is 78.9 Å². The van der Waals surface area contributed by atoms with Gasteiger partial charge in [-0.1, -0.05) is 12.1 Å². The molecule has 0 saturated heterocycles. The smallest absolute Gasteiger partial charge is 0.235 e. The summed E-state index contributed by atoms with van der Waals surface area (Å²) in [6, 6.07) is 0. The second-order valence-electron chi connectivity index (χ2n) is 3.49. The Kier molecular flexibility index (Phi) is 4.40. The molecule has 0 spiro atoms. The number of carbonyl (C=O) groups is 1. The zero-order chi connectivity index (χ0) is 11.4. The standard InChI is InChI=1S/C9H19N3O2/c1-5-9(3,7(10)11-14)8(13)12(4)6-2/h14H,5-6H2,1-4H3,(H2,10,11). The van der Waals surface area contributed by atoms with Crippen molar-refractivity contribution in [2.45, 2.75) is 27.2 Å². The van der Waals surface area contributed by atoms with Gasteiger partial charge in [-0.05, 0) is 20.3 Å². The SMILES string of the molecule is CCN(C)C(=O)C(C)(CC)C(N)=NO. The Labute approximate surface area is 84.6 Å². The third-order valence-electron chi connectivity index (χ3n) is 2.67. The molecule has 1 atom stereocenters. The Hall–Kier alpha value is -1.26. The van der Waals surface area contributed by atoms with Crippen molar-refractivity contribution in [3.8, 4) is 0 Å². The first-order valence-corrected chi connectivity index (χ1v) is 4.67. The lowest BCUT2D eigenvalue weighted by Gasteiger charge is -2.29. The molecule has 0 aromatic heterocycles. The Morgan fingerprint density at radius 1 is 1.57 bits per heavy atom. The molecule has 0 rings (SSSR count). The molecule has 5 nitrogen and oxygen atoms in total. The molecular weight excluding hydrogens is 182 g/mol. The van der Waals surface area contributed by atoms with Crippen LogP contribution in [0.2, 0.25) is 0 Å². The summed E-state index contributed by atoms with van der Waals surface area (Å²) < 4.78 is 0. The van der Waals surface area contributed by atoms with E-state index < -0.39 is 5.41 Å². The van der Waals surface area contributed by atoms with Crippen molar-refractivity contribution in [3.05, 3.63) is 0 Å². The van der Waals surface area contributed by atoms with E-state index in [-0.39, 0.29) is 11.7 Å². The van der Waals surface area contributed by atoms with Gasteiger partial charge in [0, 0.05) is 13.6 Å². The minimum atomic E-state index is -0.903. The molecule has 0 aromatic rings. The highest BCUT2D eigenvalue weighted by molar-refractivity contribution is 6.06. The highest BCUT2D eigenvalue weighted by Gasteiger charge is 2.37. The van der Waals surface area contributed by atoms with E-state index in [9.17, 15) is 4.79 Å².